The third-order valence-corrected chi connectivity index (χ3v) is 12.8. The molecule has 13 heteroatoms. The fourth-order valence-electron chi connectivity index (χ4n) is 7.80. The van der Waals surface area contributed by atoms with Gasteiger partial charge in [0.05, 0.1) is 13.2 Å². The van der Waals surface area contributed by atoms with Gasteiger partial charge < -0.3 is 39.9 Å². The summed E-state index contributed by atoms with van der Waals surface area (Å²) in [5, 5.41) is 50.2. The highest BCUT2D eigenvalue weighted by atomic mass is 31.2. The quantitative estimate of drug-likeness (QED) is 0.0147. The van der Waals surface area contributed by atoms with E-state index in [4.69, 9.17) is 18.5 Å². The van der Waals surface area contributed by atoms with Crippen molar-refractivity contribution in [2.75, 3.05) is 19.8 Å². The molecule has 0 aromatic carbocycles. The van der Waals surface area contributed by atoms with E-state index in [9.17, 15) is 39.8 Å². The second-order valence-corrected chi connectivity index (χ2v) is 19.1. The number of esters is 1. The Morgan fingerprint density at radius 1 is 0.516 bits per heavy atom. The van der Waals surface area contributed by atoms with Crippen molar-refractivity contribution in [3.05, 3.63) is 24.3 Å². The van der Waals surface area contributed by atoms with Crippen LogP contribution in [0.25, 0.3) is 0 Å². The average Bonchev–Trinajstić information content (AvgIpc) is 3.26. The maximum Gasteiger partial charge on any atom is 0.472 e. The lowest BCUT2D eigenvalue weighted by Gasteiger charge is -2.41. The number of phosphoric acid groups is 1. The largest absolute Gasteiger partial charge is 0.472 e. The molecule has 1 fully saturated rings. The Balaban J connectivity index is 2.28. The van der Waals surface area contributed by atoms with Gasteiger partial charge in [-0.2, -0.15) is 0 Å². The minimum atomic E-state index is -5.01. The predicted molar refractivity (Wildman–Crippen MR) is 249 cm³/mol. The van der Waals surface area contributed by atoms with Crippen molar-refractivity contribution in [1.82, 2.24) is 0 Å². The molecule has 1 saturated carbocycles. The van der Waals surface area contributed by atoms with E-state index in [0.717, 1.165) is 44.9 Å². The Bertz CT molecular complexity index is 1120. The van der Waals surface area contributed by atoms with Crippen molar-refractivity contribution in [2.45, 2.75) is 262 Å². The molecule has 62 heavy (non-hydrogen) atoms. The van der Waals surface area contributed by atoms with Crippen LogP contribution in [0.4, 0.5) is 0 Å². The smallest absolute Gasteiger partial charge is 0.457 e. The zero-order valence-electron chi connectivity index (χ0n) is 39.2. The van der Waals surface area contributed by atoms with Gasteiger partial charge in [0.1, 0.15) is 42.7 Å². The van der Waals surface area contributed by atoms with Crippen molar-refractivity contribution in [2.24, 2.45) is 0 Å². The number of rotatable bonds is 43. The van der Waals surface area contributed by atoms with Crippen LogP contribution in [0.1, 0.15) is 219 Å². The summed E-state index contributed by atoms with van der Waals surface area (Å²) >= 11 is 0. The number of hydrogen-bond acceptors (Lipinski definition) is 11. The molecule has 6 atom stereocenters. The van der Waals surface area contributed by atoms with Crippen molar-refractivity contribution < 1.29 is 58.3 Å². The van der Waals surface area contributed by atoms with Gasteiger partial charge in [-0.15, -0.1) is 0 Å². The maximum absolute atomic E-state index is 12.8. The van der Waals surface area contributed by atoms with Gasteiger partial charge >= 0.3 is 13.8 Å². The number of aliphatic hydroxyl groups is 5. The summed E-state index contributed by atoms with van der Waals surface area (Å²) in [7, 11) is -5.01. The van der Waals surface area contributed by atoms with E-state index < -0.39 is 63.1 Å². The maximum atomic E-state index is 12.8. The summed E-state index contributed by atoms with van der Waals surface area (Å²) in [4.78, 5) is 23.1. The molecule has 0 bridgehead atoms. The van der Waals surface area contributed by atoms with Crippen LogP contribution in [0, 0.1) is 0 Å². The van der Waals surface area contributed by atoms with Gasteiger partial charge in [-0.3, -0.25) is 13.8 Å². The number of unbranched alkanes of at least 4 members (excludes halogenated alkanes) is 27. The molecule has 0 heterocycles. The molecule has 366 valence electrons. The van der Waals surface area contributed by atoms with Crippen LogP contribution in [0.5, 0.6) is 0 Å². The molecule has 12 nitrogen and oxygen atoms in total. The van der Waals surface area contributed by atoms with Gasteiger partial charge in [-0.1, -0.05) is 192 Å². The van der Waals surface area contributed by atoms with Crippen LogP contribution < -0.4 is 0 Å². The molecule has 1 aliphatic rings. The fraction of sp³-hybridized carbons (Fsp3) is 0.898. The van der Waals surface area contributed by atoms with Crippen LogP contribution in [-0.4, -0.2) is 98.9 Å². The van der Waals surface area contributed by atoms with Crippen LogP contribution in [0.15, 0.2) is 24.3 Å². The van der Waals surface area contributed by atoms with Crippen LogP contribution in [0.2, 0.25) is 0 Å². The number of phosphoric ester groups is 1. The van der Waals surface area contributed by atoms with E-state index >= 15 is 0 Å². The first kappa shape index (κ1) is 58.8. The second-order valence-electron chi connectivity index (χ2n) is 17.7. The summed E-state index contributed by atoms with van der Waals surface area (Å²) in [6, 6.07) is 0. The molecule has 1 rings (SSSR count). The molecular formula is C49H93O12P. The Kier molecular flexibility index (Phi) is 38.1. The van der Waals surface area contributed by atoms with Crippen molar-refractivity contribution in [3.63, 3.8) is 0 Å². The van der Waals surface area contributed by atoms with Crippen molar-refractivity contribution in [3.8, 4) is 0 Å². The zero-order chi connectivity index (χ0) is 45.5. The summed E-state index contributed by atoms with van der Waals surface area (Å²) < 4.78 is 34.2. The first-order valence-electron chi connectivity index (χ1n) is 25.2. The number of hydrogen-bond donors (Lipinski definition) is 6. The Labute approximate surface area is 377 Å². The molecule has 0 aromatic heterocycles. The van der Waals surface area contributed by atoms with Crippen molar-refractivity contribution in [1.29, 1.82) is 0 Å². The summed E-state index contributed by atoms with van der Waals surface area (Å²) in [6.45, 7) is 4.25. The van der Waals surface area contributed by atoms with E-state index in [1.165, 1.54) is 148 Å². The molecule has 0 saturated heterocycles. The lowest BCUT2D eigenvalue weighted by Crippen LogP contribution is -2.64. The third-order valence-electron chi connectivity index (χ3n) is 11.8. The SMILES string of the molecule is CCCCCCC/C=C\C/C=C\CCCCCCCCCCCCCCOCC(COP(=O)(O)OC1C(O)C(O)C(O)C(O)C1O)OC(=O)CCCCCCCCCCCCC. The lowest BCUT2D eigenvalue weighted by atomic mass is 9.85. The first-order chi connectivity index (χ1) is 30.0. The number of aliphatic hydroxyl groups excluding tert-OH is 5. The highest BCUT2D eigenvalue weighted by Gasteiger charge is 2.51. The van der Waals surface area contributed by atoms with E-state index in [2.05, 4.69) is 38.2 Å². The summed E-state index contributed by atoms with van der Waals surface area (Å²) in [5.74, 6) is -0.476. The third kappa shape index (κ3) is 31.7. The molecule has 0 spiro atoms. The summed E-state index contributed by atoms with van der Waals surface area (Å²) in [6.07, 6.45) is 34.0. The highest BCUT2D eigenvalue weighted by molar-refractivity contribution is 7.47. The van der Waals surface area contributed by atoms with Gasteiger partial charge in [0.25, 0.3) is 0 Å². The normalized spacial score (nSPS) is 22.1. The lowest BCUT2D eigenvalue weighted by molar-refractivity contribution is -0.220. The Hall–Kier alpha value is -1.18. The summed E-state index contributed by atoms with van der Waals surface area (Å²) in [5.41, 5.74) is 0. The van der Waals surface area contributed by atoms with Crippen LogP contribution in [0.3, 0.4) is 0 Å². The molecule has 6 N–H and O–H groups in total. The Morgan fingerprint density at radius 3 is 1.35 bits per heavy atom. The standard InChI is InChI=1S/C49H93O12P/c1-3-5-7-9-11-13-15-16-17-18-19-20-21-22-23-24-25-26-27-29-31-33-35-37-39-58-40-42(60-43(50)38-36-34-32-30-28-14-12-10-8-6-4-2)41-59-62(56,57)61-49-47(54)45(52)44(51)46(53)48(49)55/h15-16,18-19,42,44-49,51-55H,3-14,17,20-41H2,1-2H3,(H,56,57)/b16-15-,19-18-. The topological polar surface area (TPSA) is 192 Å². The molecular weight excluding hydrogens is 812 g/mol. The van der Waals surface area contributed by atoms with E-state index in [1.807, 2.05) is 0 Å². The van der Waals surface area contributed by atoms with Crippen LogP contribution in [-0.2, 0) is 27.9 Å². The number of ether oxygens (including phenoxy) is 2. The van der Waals surface area contributed by atoms with Gasteiger partial charge in [-0.05, 0) is 44.9 Å². The van der Waals surface area contributed by atoms with Gasteiger partial charge in [0.15, 0.2) is 0 Å². The number of allylic oxidation sites excluding steroid dienone is 4. The first-order valence-corrected chi connectivity index (χ1v) is 26.7. The highest BCUT2D eigenvalue weighted by Crippen LogP contribution is 2.47. The van der Waals surface area contributed by atoms with Gasteiger partial charge in [0, 0.05) is 13.0 Å². The molecule has 1 aliphatic carbocycles. The fourth-order valence-corrected chi connectivity index (χ4v) is 8.77. The second kappa shape index (κ2) is 40.1. The minimum Gasteiger partial charge on any atom is -0.457 e. The molecule has 0 aliphatic heterocycles. The van der Waals surface area contributed by atoms with E-state index in [0.29, 0.717) is 13.0 Å². The van der Waals surface area contributed by atoms with E-state index in [1.54, 1.807) is 0 Å². The van der Waals surface area contributed by atoms with Gasteiger partial charge in [-0.25, -0.2) is 4.57 Å². The number of carbonyl (C=O) groups excluding carboxylic acids is 1. The molecule has 0 aromatic rings. The average molecular weight is 905 g/mol. The zero-order valence-corrected chi connectivity index (χ0v) is 40.1. The molecule has 6 unspecified atom stereocenters. The number of carbonyl (C=O) groups is 1. The molecule has 0 amide bonds. The van der Waals surface area contributed by atoms with Crippen molar-refractivity contribution >= 4 is 13.8 Å². The monoisotopic (exact) mass is 905 g/mol. The predicted octanol–water partition coefficient (Wildman–Crippen LogP) is 10.9. The Morgan fingerprint density at radius 2 is 0.903 bits per heavy atom. The minimum absolute atomic E-state index is 0.0735. The molecule has 0 radical (unpaired) electrons. The van der Waals surface area contributed by atoms with Gasteiger partial charge in [0.2, 0.25) is 0 Å². The van der Waals surface area contributed by atoms with Crippen LogP contribution >= 0.6 is 7.82 Å². The van der Waals surface area contributed by atoms with E-state index in [-0.39, 0.29) is 13.0 Å².